The van der Waals surface area contributed by atoms with Crippen molar-refractivity contribution in [1.82, 2.24) is 0 Å². The fourth-order valence-electron chi connectivity index (χ4n) is 2.10. The van der Waals surface area contributed by atoms with Crippen LogP contribution in [0.3, 0.4) is 0 Å². The van der Waals surface area contributed by atoms with Crippen LogP contribution in [-0.2, 0) is 0 Å². The van der Waals surface area contributed by atoms with E-state index in [4.69, 9.17) is 4.74 Å². The number of benzene rings is 3. The lowest BCUT2D eigenvalue weighted by Crippen LogP contribution is -1.94. The number of aromatic hydroxyl groups is 1. The Morgan fingerprint density at radius 1 is 0.857 bits per heavy atom. The SMILES string of the molecule is Oc1cc2ccccc2cc1OCC#Cc1ccccc1. The van der Waals surface area contributed by atoms with Crippen LogP contribution in [0.15, 0.2) is 66.7 Å². The van der Waals surface area contributed by atoms with Gasteiger partial charge in [-0.15, -0.1) is 0 Å². The summed E-state index contributed by atoms with van der Waals surface area (Å²) in [5.74, 6) is 6.55. The van der Waals surface area contributed by atoms with Crippen molar-refractivity contribution in [3.05, 3.63) is 72.3 Å². The maximum Gasteiger partial charge on any atom is 0.163 e. The van der Waals surface area contributed by atoms with E-state index in [-0.39, 0.29) is 12.4 Å². The molecule has 0 aliphatic carbocycles. The third-order valence-electron chi connectivity index (χ3n) is 3.13. The molecule has 0 spiro atoms. The number of phenols is 1. The second-order valence-electron chi connectivity index (χ2n) is 4.62. The summed E-state index contributed by atoms with van der Waals surface area (Å²) >= 11 is 0. The molecule has 0 atom stereocenters. The Balaban J connectivity index is 1.74. The molecule has 0 aromatic heterocycles. The Labute approximate surface area is 123 Å². The molecule has 0 radical (unpaired) electrons. The van der Waals surface area contributed by atoms with Gasteiger partial charge in [0.05, 0.1) is 0 Å². The third-order valence-corrected chi connectivity index (χ3v) is 3.13. The monoisotopic (exact) mass is 274 g/mol. The average Bonchev–Trinajstić information content (AvgIpc) is 2.53. The molecular weight excluding hydrogens is 260 g/mol. The minimum atomic E-state index is 0.134. The van der Waals surface area contributed by atoms with Crippen LogP contribution in [0.1, 0.15) is 5.56 Å². The molecule has 0 unspecified atom stereocenters. The van der Waals surface area contributed by atoms with Gasteiger partial charge in [-0.05, 0) is 35.0 Å². The molecule has 0 amide bonds. The first-order chi connectivity index (χ1) is 10.3. The fourth-order valence-corrected chi connectivity index (χ4v) is 2.10. The minimum absolute atomic E-state index is 0.134. The zero-order chi connectivity index (χ0) is 14.5. The first-order valence-electron chi connectivity index (χ1n) is 6.71. The maximum atomic E-state index is 9.95. The Morgan fingerprint density at radius 3 is 2.29 bits per heavy atom. The van der Waals surface area contributed by atoms with Crippen LogP contribution >= 0.6 is 0 Å². The van der Waals surface area contributed by atoms with Gasteiger partial charge in [0.15, 0.2) is 11.5 Å². The van der Waals surface area contributed by atoms with Gasteiger partial charge < -0.3 is 9.84 Å². The fraction of sp³-hybridized carbons (Fsp3) is 0.0526. The van der Waals surface area contributed by atoms with Gasteiger partial charge in [-0.3, -0.25) is 0 Å². The maximum absolute atomic E-state index is 9.95. The minimum Gasteiger partial charge on any atom is -0.504 e. The Morgan fingerprint density at radius 2 is 1.52 bits per heavy atom. The zero-order valence-corrected chi connectivity index (χ0v) is 11.4. The van der Waals surface area contributed by atoms with Crippen molar-refractivity contribution in [2.75, 3.05) is 6.61 Å². The summed E-state index contributed by atoms with van der Waals surface area (Å²) < 4.78 is 5.54. The number of fused-ring (bicyclic) bond motifs is 1. The van der Waals surface area contributed by atoms with Crippen LogP contribution in [0.2, 0.25) is 0 Å². The van der Waals surface area contributed by atoms with Gasteiger partial charge >= 0.3 is 0 Å². The smallest absolute Gasteiger partial charge is 0.163 e. The van der Waals surface area contributed by atoms with Gasteiger partial charge in [0.25, 0.3) is 0 Å². The molecule has 0 aliphatic heterocycles. The van der Waals surface area contributed by atoms with E-state index in [0.29, 0.717) is 5.75 Å². The van der Waals surface area contributed by atoms with E-state index in [9.17, 15) is 5.11 Å². The van der Waals surface area contributed by atoms with Crippen LogP contribution in [0.5, 0.6) is 11.5 Å². The summed E-state index contributed by atoms with van der Waals surface area (Å²) in [6.45, 7) is 0.237. The van der Waals surface area contributed by atoms with Gasteiger partial charge in [0.1, 0.15) is 6.61 Å². The molecule has 0 heterocycles. The molecule has 0 saturated carbocycles. The van der Waals surface area contributed by atoms with E-state index in [1.807, 2.05) is 60.7 Å². The summed E-state index contributed by atoms with van der Waals surface area (Å²) in [5, 5.41) is 12.0. The van der Waals surface area contributed by atoms with Gasteiger partial charge in [0, 0.05) is 5.56 Å². The van der Waals surface area contributed by atoms with Crippen molar-refractivity contribution < 1.29 is 9.84 Å². The quantitative estimate of drug-likeness (QED) is 0.716. The lowest BCUT2D eigenvalue weighted by atomic mass is 10.1. The second kappa shape index (κ2) is 6.02. The standard InChI is InChI=1S/C19H14O2/c20-18-13-16-10-4-5-11-17(16)14-19(18)21-12-6-9-15-7-2-1-3-8-15/h1-5,7-8,10-11,13-14,20H,12H2. The van der Waals surface area contributed by atoms with Gasteiger partial charge in [0.2, 0.25) is 0 Å². The molecule has 0 bridgehead atoms. The summed E-state index contributed by atoms with van der Waals surface area (Å²) in [5.41, 5.74) is 0.948. The highest BCUT2D eigenvalue weighted by Crippen LogP contribution is 2.31. The van der Waals surface area contributed by atoms with Crippen molar-refractivity contribution in [3.8, 4) is 23.3 Å². The first kappa shape index (κ1) is 13.1. The van der Waals surface area contributed by atoms with E-state index >= 15 is 0 Å². The molecule has 3 rings (SSSR count). The highest BCUT2D eigenvalue weighted by Gasteiger charge is 2.03. The molecule has 2 nitrogen and oxygen atoms in total. The summed E-state index contributed by atoms with van der Waals surface area (Å²) in [4.78, 5) is 0. The van der Waals surface area contributed by atoms with Crippen molar-refractivity contribution in [1.29, 1.82) is 0 Å². The molecule has 3 aromatic carbocycles. The van der Waals surface area contributed by atoms with E-state index in [1.165, 1.54) is 0 Å². The highest BCUT2D eigenvalue weighted by atomic mass is 16.5. The predicted octanol–water partition coefficient (Wildman–Crippen LogP) is 3.98. The van der Waals surface area contributed by atoms with Crippen LogP contribution in [0.4, 0.5) is 0 Å². The van der Waals surface area contributed by atoms with Crippen LogP contribution in [0.25, 0.3) is 10.8 Å². The van der Waals surface area contributed by atoms with Crippen molar-refractivity contribution in [3.63, 3.8) is 0 Å². The number of rotatable bonds is 2. The van der Waals surface area contributed by atoms with Gasteiger partial charge in [-0.2, -0.15) is 0 Å². The summed E-state index contributed by atoms with van der Waals surface area (Å²) in [7, 11) is 0. The van der Waals surface area contributed by atoms with E-state index < -0.39 is 0 Å². The Hall–Kier alpha value is -2.92. The van der Waals surface area contributed by atoms with Crippen LogP contribution in [-0.4, -0.2) is 11.7 Å². The van der Waals surface area contributed by atoms with E-state index in [2.05, 4.69) is 11.8 Å². The largest absolute Gasteiger partial charge is 0.504 e. The molecule has 1 N–H and O–H groups in total. The van der Waals surface area contributed by atoms with E-state index in [0.717, 1.165) is 16.3 Å². The first-order valence-corrected chi connectivity index (χ1v) is 6.71. The molecule has 0 aliphatic rings. The van der Waals surface area contributed by atoms with Crippen molar-refractivity contribution in [2.45, 2.75) is 0 Å². The lowest BCUT2D eigenvalue weighted by molar-refractivity contribution is 0.342. The van der Waals surface area contributed by atoms with Crippen molar-refractivity contribution in [2.24, 2.45) is 0 Å². The highest BCUT2D eigenvalue weighted by molar-refractivity contribution is 5.85. The normalized spacial score (nSPS) is 9.90. The van der Waals surface area contributed by atoms with Gasteiger partial charge in [-0.1, -0.05) is 54.3 Å². The zero-order valence-electron chi connectivity index (χ0n) is 11.4. The van der Waals surface area contributed by atoms with Crippen molar-refractivity contribution >= 4 is 10.8 Å². The molecule has 3 aromatic rings. The van der Waals surface area contributed by atoms with Crippen LogP contribution in [0, 0.1) is 11.8 Å². The molecule has 21 heavy (non-hydrogen) atoms. The summed E-state index contributed by atoms with van der Waals surface area (Å²) in [6, 6.07) is 21.1. The Kier molecular flexibility index (Phi) is 3.75. The molecule has 0 saturated heterocycles. The molecule has 2 heteroatoms. The Bertz CT molecular complexity index is 811. The lowest BCUT2D eigenvalue weighted by Gasteiger charge is -2.06. The molecular formula is C19H14O2. The molecule has 102 valence electrons. The summed E-state index contributed by atoms with van der Waals surface area (Å²) in [6.07, 6.45) is 0. The topological polar surface area (TPSA) is 29.5 Å². The predicted molar refractivity (Wildman–Crippen MR) is 84.4 cm³/mol. The second-order valence-corrected chi connectivity index (χ2v) is 4.62. The van der Waals surface area contributed by atoms with E-state index in [1.54, 1.807) is 6.07 Å². The number of hydrogen-bond acceptors (Lipinski definition) is 2. The average molecular weight is 274 g/mol. The number of phenolic OH excluding ortho intramolecular Hbond substituents is 1. The van der Waals surface area contributed by atoms with Crippen LogP contribution < -0.4 is 4.74 Å². The number of ether oxygens (including phenoxy) is 1. The number of hydrogen-bond donors (Lipinski definition) is 1. The van der Waals surface area contributed by atoms with Gasteiger partial charge in [-0.25, -0.2) is 0 Å². The third kappa shape index (κ3) is 3.16. The molecule has 0 fully saturated rings.